The quantitative estimate of drug-likeness (QED) is 0.445. The molecule has 2 amide bonds. The number of non-ortho nitro benzene ring substituents is 1. The summed E-state index contributed by atoms with van der Waals surface area (Å²) in [6, 6.07) is 10.7. The van der Waals surface area contributed by atoms with Crippen LogP contribution in [0.4, 0.5) is 22.7 Å². The van der Waals surface area contributed by atoms with Gasteiger partial charge in [-0.25, -0.2) is 0 Å². The zero-order valence-corrected chi connectivity index (χ0v) is 19.2. The lowest BCUT2D eigenvalue weighted by Crippen LogP contribution is -2.43. The Kier molecular flexibility index (Phi) is 8.21. The summed E-state index contributed by atoms with van der Waals surface area (Å²) in [5.41, 5.74) is 1.68. The van der Waals surface area contributed by atoms with Gasteiger partial charge in [-0.05, 0) is 44.3 Å². The fraction of sp³-hybridized carbons (Fsp3) is 0.364. The molecule has 0 saturated carbocycles. The van der Waals surface area contributed by atoms with Crippen molar-refractivity contribution in [1.29, 1.82) is 0 Å². The molecule has 1 fully saturated rings. The second-order valence-corrected chi connectivity index (χ2v) is 8.10. The number of anilines is 3. The van der Waals surface area contributed by atoms with Gasteiger partial charge in [0.05, 0.1) is 41.4 Å². The molecule has 0 spiro atoms. The molecule has 2 aromatic rings. The molecule has 1 aliphatic rings. The van der Waals surface area contributed by atoms with Crippen molar-refractivity contribution in [3.63, 3.8) is 0 Å². The predicted molar refractivity (Wildman–Crippen MR) is 127 cm³/mol. The average molecular weight is 476 g/mol. The van der Waals surface area contributed by atoms with E-state index in [1.165, 1.54) is 18.2 Å². The Morgan fingerprint density at radius 2 is 1.85 bits per heavy atom. The molecule has 1 heterocycles. The van der Waals surface area contributed by atoms with E-state index in [0.29, 0.717) is 18.9 Å². The van der Waals surface area contributed by atoms with Crippen LogP contribution in [0.2, 0.25) is 5.02 Å². The lowest BCUT2D eigenvalue weighted by Gasteiger charge is -2.29. The normalized spacial score (nSPS) is 14.6. The monoisotopic (exact) mass is 475 g/mol. The van der Waals surface area contributed by atoms with Gasteiger partial charge >= 0.3 is 0 Å². The highest BCUT2D eigenvalue weighted by Gasteiger charge is 2.22. The molecule has 1 aliphatic heterocycles. The van der Waals surface area contributed by atoms with Crippen LogP contribution in [0.15, 0.2) is 42.5 Å². The summed E-state index contributed by atoms with van der Waals surface area (Å²) in [5, 5.41) is 16.5. The molecule has 33 heavy (non-hydrogen) atoms. The topological polar surface area (TPSA) is 117 Å². The van der Waals surface area contributed by atoms with Crippen LogP contribution in [-0.2, 0) is 14.3 Å². The molecule has 3 rings (SSSR count). The van der Waals surface area contributed by atoms with Crippen molar-refractivity contribution in [2.45, 2.75) is 13.0 Å². The number of halogens is 1. The SMILES string of the molecule is CC(C(=O)Nc1cc([N+](=O)[O-])ccc1Cl)N(C)CC(=O)Nc1ccc(N2CCOCC2)cc1. The summed E-state index contributed by atoms with van der Waals surface area (Å²) >= 11 is 6.04. The van der Waals surface area contributed by atoms with Gasteiger partial charge in [-0.2, -0.15) is 0 Å². The lowest BCUT2D eigenvalue weighted by atomic mass is 10.2. The number of nitrogens with zero attached hydrogens (tertiary/aromatic N) is 3. The van der Waals surface area contributed by atoms with Gasteiger partial charge in [-0.15, -0.1) is 0 Å². The maximum absolute atomic E-state index is 12.6. The fourth-order valence-electron chi connectivity index (χ4n) is 3.30. The van der Waals surface area contributed by atoms with Crippen LogP contribution >= 0.6 is 11.6 Å². The van der Waals surface area contributed by atoms with E-state index in [-0.39, 0.29) is 28.8 Å². The van der Waals surface area contributed by atoms with E-state index >= 15 is 0 Å². The van der Waals surface area contributed by atoms with Crippen molar-refractivity contribution in [1.82, 2.24) is 4.90 Å². The first-order chi connectivity index (χ1) is 15.7. The molecule has 1 atom stereocenters. The molecule has 0 aromatic heterocycles. The maximum atomic E-state index is 12.6. The number of nitro groups is 1. The number of hydrogen-bond donors (Lipinski definition) is 2. The van der Waals surface area contributed by atoms with Gasteiger partial charge in [0, 0.05) is 36.6 Å². The number of hydrogen-bond acceptors (Lipinski definition) is 7. The smallest absolute Gasteiger partial charge is 0.271 e. The third kappa shape index (κ3) is 6.64. The first-order valence-electron chi connectivity index (χ1n) is 10.4. The van der Waals surface area contributed by atoms with E-state index in [4.69, 9.17) is 16.3 Å². The number of nitrogens with one attached hydrogen (secondary N) is 2. The number of nitro benzene ring substituents is 1. The van der Waals surface area contributed by atoms with Gasteiger partial charge in [0.2, 0.25) is 11.8 Å². The molecule has 0 bridgehead atoms. The number of rotatable bonds is 8. The predicted octanol–water partition coefficient (Wildman–Crippen LogP) is 2.98. The number of ether oxygens (including phenoxy) is 1. The summed E-state index contributed by atoms with van der Waals surface area (Å²) in [5.74, 6) is -0.716. The Labute approximate surface area is 196 Å². The van der Waals surface area contributed by atoms with E-state index in [1.54, 1.807) is 18.9 Å². The van der Waals surface area contributed by atoms with Crippen LogP contribution in [0.25, 0.3) is 0 Å². The number of amides is 2. The Balaban J connectivity index is 1.53. The fourth-order valence-corrected chi connectivity index (χ4v) is 3.47. The van der Waals surface area contributed by atoms with Gasteiger partial charge in [0.25, 0.3) is 5.69 Å². The minimum atomic E-state index is -0.685. The van der Waals surface area contributed by atoms with E-state index in [0.717, 1.165) is 18.8 Å². The van der Waals surface area contributed by atoms with E-state index in [2.05, 4.69) is 15.5 Å². The minimum absolute atomic E-state index is 0.0253. The first kappa shape index (κ1) is 24.4. The second kappa shape index (κ2) is 11.1. The van der Waals surface area contributed by atoms with Crippen LogP contribution in [-0.4, -0.2) is 67.6 Å². The largest absolute Gasteiger partial charge is 0.378 e. The van der Waals surface area contributed by atoms with Gasteiger partial charge in [0.15, 0.2) is 0 Å². The molecular weight excluding hydrogens is 450 g/mol. The number of likely N-dealkylation sites (N-methyl/N-ethyl adjacent to an activating group) is 1. The van der Waals surface area contributed by atoms with Crippen molar-refractivity contribution >= 4 is 46.2 Å². The summed E-state index contributed by atoms with van der Waals surface area (Å²) in [7, 11) is 1.64. The summed E-state index contributed by atoms with van der Waals surface area (Å²) in [6.45, 7) is 4.66. The summed E-state index contributed by atoms with van der Waals surface area (Å²) < 4.78 is 5.36. The number of morpholine rings is 1. The third-order valence-electron chi connectivity index (χ3n) is 5.38. The zero-order chi connectivity index (χ0) is 24.0. The van der Waals surface area contributed by atoms with Crippen LogP contribution in [0.1, 0.15) is 6.92 Å². The maximum Gasteiger partial charge on any atom is 0.271 e. The molecular formula is C22H26ClN5O5. The number of carbonyl (C=O) groups excluding carboxylic acids is 2. The van der Waals surface area contributed by atoms with Gasteiger partial charge in [-0.3, -0.25) is 24.6 Å². The molecule has 0 radical (unpaired) electrons. The van der Waals surface area contributed by atoms with Crippen molar-refractivity contribution in [3.05, 3.63) is 57.6 Å². The van der Waals surface area contributed by atoms with Crippen LogP contribution in [0.5, 0.6) is 0 Å². The average Bonchev–Trinajstić information content (AvgIpc) is 2.80. The van der Waals surface area contributed by atoms with Crippen LogP contribution in [0.3, 0.4) is 0 Å². The molecule has 2 aromatic carbocycles. The standard InChI is InChI=1S/C22H26ClN5O5/c1-15(22(30)25-20-13-18(28(31)32)7-8-19(20)23)26(2)14-21(29)24-16-3-5-17(6-4-16)27-9-11-33-12-10-27/h3-8,13,15H,9-12,14H2,1-2H3,(H,24,29)(H,25,30). The number of benzene rings is 2. The van der Waals surface area contributed by atoms with Crippen LogP contribution < -0.4 is 15.5 Å². The van der Waals surface area contributed by atoms with Crippen molar-refractivity contribution < 1.29 is 19.2 Å². The molecule has 0 aliphatic carbocycles. The van der Waals surface area contributed by atoms with Crippen molar-refractivity contribution in [3.8, 4) is 0 Å². The highest BCUT2D eigenvalue weighted by Crippen LogP contribution is 2.27. The third-order valence-corrected chi connectivity index (χ3v) is 5.71. The molecule has 10 nitrogen and oxygen atoms in total. The molecule has 11 heteroatoms. The van der Waals surface area contributed by atoms with Gasteiger partial charge in [-0.1, -0.05) is 11.6 Å². The van der Waals surface area contributed by atoms with E-state index in [1.807, 2.05) is 24.3 Å². The van der Waals surface area contributed by atoms with Gasteiger partial charge in [0.1, 0.15) is 0 Å². The first-order valence-corrected chi connectivity index (χ1v) is 10.8. The zero-order valence-electron chi connectivity index (χ0n) is 18.4. The Morgan fingerprint density at radius 3 is 2.48 bits per heavy atom. The van der Waals surface area contributed by atoms with Crippen molar-refractivity contribution in [2.24, 2.45) is 0 Å². The van der Waals surface area contributed by atoms with Gasteiger partial charge < -0.3 is 20.3 Å². The molecule has 176 valence electrons. The van der Waals surface area contributed by atoms with Crippen LogP contribution in [0, 0.1) is 10.1 Å². The molecule has 1 saturated heterocycles. The Hall–Kier alpha value is -3.21. The molecule has 1 unspecified atom stereocenters. The molecule has 2 N–H and O–H groups in total. The van der Waals surface area contributed by atoms with E-state index < -0.39 is 16.9 Å². The van der Waals surface area contributed by atoms with E-state index in [9.17, 15) is 19.7 Å². The second-order valence-electron chi connectivity index (χ2n) is 7.70. The lowest BCUT2D eigenvalue weighted by molar-refractivity contribution is -0.384. The highest BCUT2D eigenvalue weighted by molar-refractivity contribution is 6.33. The number of carbonyl (C=O) groups is 2. The minimum Gasteiger partial charge on any atom is -0.378 e. The highest BCUT2D eigenvalue weighted by atomic mass is 35.5. The Bertz CT molecular complexity index is 1010. The Morgan fingerprint density at radius 1 is 1.18 bits per heavy atom. The summed E-state index contributed by atoms with van der Waals surface area (Å²) in [4.78, 5) is 39.2. The summed E-state index contributed by atoms with van der Waals surface area (Å²) in [6.07, 6.45) is 0. The van der Waals surface area contributed by atoms with Crippen molar-refractivity contribution in [2.75, 3.05) is 55.4 Å².